The molecule has 0 radical (unpaired) electrons. The Morgan fingerprint density at radius 1 is 0.786 bits per heavy atom. The molecule has 1 aliphatic rings. The van der Waals surface area contributed by atoms with Crippen LogP contribution >= 0.6 is 0 Å². The molecule has 0 spiro atoms. The van der Waals surface area contributed by atoms with Crippen molar-refractivity contribution in [2.75, 3.05) is 6.61 Å². The van der Waals surface area contributed by atoms with Crippen LogP contribution in [0.3, 0.4) is 0 Å². The minimum atomic E-state index is -2.28. The number of benzene rings is 4. The number of ether oxygens (including phenoxy) is 1. The van der Waals surface area contributed by atoms with E-state index >= 15 is 0 Å². The predicted octanol–water partition coefficient (Wildman–Crippen LogP) is 1.20. The third-order valence-corrected chi connectivity index (χ3v) is 5.88. The van der Waals surface area contributed by atoms with Gasteiger partial charge in [0.05, 0.1) is 6.61 Å². The largest absolute Gasteiger partial charge is 0.394 e. The van der Waals surface area contributed by atoms with Crippen molar-refractivity contribution in [2.24, 2.45) is 0 Å². The Balaban J connectivity index is 1.81. The van der Waals surface area contributed by atoms with Crippen LogP contribution in [0.25, 0.3) is 32.3 Å². The SMILES string of the molecule is OC[C@H]1O[C@](O)(c2ccc3ccc4cccc5ccc2c3c45)[C@H](O)[C@@H](O)[C@H]1O. The Bertz CT molecular complexity index is 1160. The predicted molar refractivity (Wildman–Crippen MR) is 104 cm³/mol. The van der Waals surface area contributed by atoms with E-state index in [4.69, 9.17) is 4.74 Å². The second kappa shape index (κ2) is 6.09. The Kier molecular flexibility index (Phi) is 3.86. The first-order valence-corrected chi connectivity index (χ1v) is 9.18. The van der Waals surface area contributed by atoms with Crippen LogP contribution in [0, 0.1) is 0 Å². The van der Waals surface area contributed by atoms with E-state index in [1.807, 2.05) is 48.5 Å². The van der Waals surface area contributed by atoms with Gasteiger partial charge < -0.3 is 30.3 Å². The summed E-state index contributed by atoms with van der Waals surface area (Å²) < 4.78 is 5.54. The third-order valence-electron chi connectivity index (χ3n) is 5.88. The van der Waals surface area contributed by atoms with Gasteiger partial charge >= 0.3 is 0 Å². The van der Waals surface area contributed by atoms with E-state index in [2.05, 4.69) is 0 Å². The van der Waals surface area contributed by atoms with Gasteiger partial charge in [0.15, 0.2) is 0 Å². The lowest BCUT2D eigenvalue weighted by Crippen LogP contribution is -2.63. The zero-order valence-corrected chi connectivity index (χ0v) is 14.9. The molecule has 1 saturated heterocycles. The van der Waals surface area contributed by atoms with Gasteiger partial charge in [-0.2, -0.15) is 0 Å². The van der Waals surface area contributed by atoms with Gasteiger partial charge in [0.25, 0.3) is 0 Å². The summed E-state index contributed by atoms with van der Waals surface area (Å²) in [4.78, 5) is 0. The van der Waals surface area contributed by atoms with E-state index in [0.29, 0.717) is 5.39 Å². The monoisotopic (exact) mass is 380 g/mol. The Morgan fingerprint density at radius 2 is 1.39 bits per heavy atom. The van der Waals surface area contributed by atoms with Gasteiger partial charge in [-0.1, -0.05) is 54.6 Å². The van der Waals surface area contributed by atoms with E-state index in [1.165, 1.54) is 0 Å². The van der Waals surface area contributed by atoms with Crippen molar-refractivity contribution in [3.05, 3.63) is 60.2 Å². The minimum absolute atomic E-state index is 0.273. The summed E-state index contributed by atoms with van der Waals surface area (Å²) in [5, 5.41) is 57.3. The van der Waals surface area contributed by atoms with Gasteiger partial charge in [-0.05, 0) is 32.3 Å². The molecule has 6 heteroatoms. The zero-order chi connectivity index (χ0) is 19.6. The summed E-state index contributed by atoms with van der Waals surface area (Å²) in [7, 11) is 0. The van der Waals surface area contributed by atoms with Gasteiger partial charge in [-0.25, -0.2) is 0 Å². The molecule has 1 fully saturated rings. The molecule has 5 N–H and O–H groups in total. The summed E-state index contributed by atoms with van der Waals surface area (Å²) in [6.45, 7) is -0.612. The molecule has 4 aromatic rings. The lowest BCUT2D eigenvalue weighted by Gasteiger charge is -2.46. The minimum Gasteiger partial charge on any atom is -0.394 e. The van der Waals surface area contributed by atoms with Crippen LogP contribution < -0.4 is 0 Å². The van der Waals surface area contributed by atoms with Crippen molar-refractivity contribution in [1.29, 1.82) is 0 Å². The number of rotatable bonds is 2. The molecular formula is C22H20O6. The molecule has 0 saturated carbocycles. The van der Waals surface area contributed by atoms with Crippen LogP contribution in [-0.2, 0) is 10.5 Å². The summed E-state index contributed by atoms with van der Waals surface area (Å²) in [6.07, 6.45) is -6.21. The van der Waals surface area contributed by atoms with Gasteiger partial charge in [0, 0.05) is 5.56 Å². The molecule has 4 aromatic carbocycles. The first-order chi connectivity index (χ1) is 13.5. The number of aliphatic hydroxyl groups is 5. The molecule has 5 rings (SSSR count). The van der Waals surface area contributed by atoms with Crippen LogP contribution in [0.5, 0.6) is 0 Å². The highest BCUT2D eigenvalue weighted by molar-refractivity contribution is 6.23. The van der Waals surface area contributed by atoms with Gasteiger partial charge in [0.1, 0.15) is 24.4 Å². The fourth-order valence-corrected chi connectivity index (χ4v) is 4.42. The van der Waals surface area contributed by atoms with Crippen LogP contribution in [0.2, 0.25) is 0 Å². The summed E-state index contributed by atoms with van der Waals surface area (Å²) in [6, 6.07) is 17.3. The topological polar surface area (TPSA) is 110 Å². The first-order valence-electron chi connectivity index (χ1n) is 9.18. The highest BCUT2D eigenvalue weighted by atomic mass is 16.7. The van der Waals surface area contributed by atoms with Crippen molar-refractivity contribution in [3.8, 4) is 0 Å². The molecule has 6 nitrogen and oxygen atoms in total. The maximum absolute atomic E-state index is 11.3. The van der Waals surface area contributed by atoms with E-state index in [1.54, 1.807) is 6.07 Å². The maximum Gasteiger partial charge on any atom is 0.223 e. The lowest BCUT2D eigenvalue weighted by atomic mass is 9.84. The fourth-order valence-electron chi connectivity index (χ4n) is 4.42. The van der Waals surface area contributed by atoms with E-state index in [0.717, 1.165) is 26.9 Å². The van der Waals surface area contributed by atoms with Crippen molar-refractivity contribution < 1.29 is 30.3 Å². The average molecular weight is 380 g/mol. The fraction of sp³-hybridized carbons (Fsp3) is 0.273. The van der Waals surface area contributed by atoms with Crippen LogP contribution in [0.15, 0.2) is 54.6 Å². The second-order valence-corrected chi connectivity index (χ2v) is 7.43. The quantitative estimate of drug-likeness (QED) is 0.334. The lowest BCUT2D eigenvalue weighted by molar-refractivity contribution is -0.357. The van der Waals surface area contributed by atoms with Crippen molar-refractivity contribution in [2.45, 2.75) is 30.2 Å². The third kappa shape index (κ3) is 2.24. The number of hydrogen-bond donors (Lipinski definition) is 5. The van der Waals surface area contributed by atoms with Crippen molar-refractivity contribution >= 4 is 32.3 Å². The standard InChI is InChI=1S/C22H20O6/c23-10-16-19(24)20(25)21(26)22(27,28-16)15-9-7-13-5-4-11-2-1-3-12-6-8-14(15)18(13)17(11)12/h1-9,16,19-21,23-27H,10H2/t16-,19+,20+,21-,22-/m1/s1. The second-order valence-electron chi connectivity index (χ2n) is 7.43. The maximum atomic E-state index is 11.3. The summed E-state index contributed by atoms with van der Waals surface area (Å²) in [5.41, 5.74) is 0.273. The highest BCUT2D eigenvalue weighted by Gasteiger charge is 2.54. The number of hydrogen-bond acceptors (Lipinski definition) is 6. The molecule has 0 unspecified atom stereocenters. The van der Waals surface area contributed by atoms with Crippen LogP contribution in [0.1, 0.15) is 5.56 Å². The zero-order valence-electron chi connectivity index (χ0n) is 14.9. The normalized spacial score (nSPS) is 31.2. The van der Waals surface area contributed by atoms with Gasteiger partial charge in [-0.15, -0.1) is 0 Å². The average Bonchev–Trinajstić information content (AvgIpc) is 2.73. The Labute approximate surface area is 160 Å². The van der Waals surface area contributed by atoms with E-state index < -0.39 is 36.8 Å². The van der Waals surface area contributed by atoms with Crippen molar-refractivity contribution in [1.82, 2.24) is 0 Å². The highest BCUT2D eigenvalue weighted by Crippen LogP contribution is 2.43. The molecule has 1 heterocycles. The Hall–Kier alpha value is -2.32. The smallest absolute Gasteiger partial charge is 0.223 e. The van der Waals surface area contributed by atoms with Gasteiger partial charge in [0.2, 0.25) is 5.79 Å². The summed E-state index contributed by atoms with van der Waals surface area (Å²) in [5.74, 6) is -2.28. The molecular weight excluding hydrogens is 360 g/mol. The molecule has 5 atom stereocenters. The molecule has 0 aromatic heterocycles. The van der Waals surface area contributed by atoms with Crippen LogP contribution in [-0.4, -0.2) is 56.6 Å². The molecule has 1 aliphatic heterocycles. The molecule has 28 heavy (non-hydrogen) atoms. The van der Waals surface area contributed by atoms with E-state index in [9.17, 15) is 25.5 Å². The molecule has 144 valence electrons. The molecule has 0 aliphatic carbocycles. The number of aliphatic hydroxyl groups excluding tert-OH is 4. The Morgan fingerprint density at radius 3 is 2.07 bits per heavy atom. The van der Waals surface area contributed by atoms with E-state index in [-0.39, 0.29) is 5.56 Å². The van der Waals surface area contributed by atoms with Gasteiger partial charge in [-0.3, -0.25) is 0 Å². The van der Waals surface area contributed by atoms with Crippen LogP contribution in [0.4, 0.5) is 0 Å². The molecule has 0 bridgehead atoms. The summed E-state index contributed by atoms with van der Waals surface area (Å²) >= 11 is 0. The van der Waals surface area contributed by atoms with Crippen molar-refractivity contribution in [3.63, 3.8) is 0 Å². The first kappa shape index (κ1) is 17.8. The molecule has 0 amide bonds.